The van der Waals surface area contributed by atoms with Crippen LogP contribution < -0.4 is 16.0 Å². The number of carbonyl (C=O) groups excluding carboxylic acids is 2. The normalized spacial score (nSPS) is 26.0. The van der Waals surface area contributed by atoms with Gasteiger partial charge in [0.2, 0.25) is 0 Å². The Morgan fingerprint density at radius 1 is 1.04 bits per heavy atom. The molecular weight excluding hydrogens is 358 g/mol. The van der Waals surface area contributed by atoms with E-state index in [9.17, 15) is 9.59 Å². The molecule has 154 valence electrons. The molecule has 0 heterocycles. The number of amides is 3. The number of alkyl carbamates (subject to hydrolysis) is 1. The molecule has 1 spiro atoms. The molecule has 2 aliphatic rings. The van der Waals surface area contributed by atoms with E-state index >= 15 is 0 Å². The van der Waals surface area contributed by atoms with Crippen molar-refractivity contribution in [2.75, 3.05) is 0 Å². The number of nitrogens with one attached hydrogen (secondary N) is 3. The molecule has 0 aliphatic heterocycles. The first-order valence-corrected chi connectivity index (χ1v) is 9.89. The third kappa shape index (κ3) is 5.38. The van der Waals surface area contributed by atoms with Crippen LogP contribution in [0.5, 0.6) is 0 Å². The number of benzene rings is 1. The second-order valence-electron chi connectivity index (χ2n) is 9.16. The average molecular weight is 389 g/mol. The van der Waals surface area contributed by atoms with E-state index < -0.39 is 5.60 Å². The highest BCUT2D eigenvalue weighted by atomic mass is 16.6. The van der Waals surface area contributed by atoms with Crippen LogP contribution in [0.25, 0.3) is 0 Å². The van der Waals surface area contributed by atoms with Crippen molar-refractivity contribution in [1.82, 2.24) is 16.0 Å². The molecule has 2 aliphatic carbocycles. The van der Waals surface area contributed by atoms with Crippen molar-refractivity contribution in [3.8, 4) is 0 Å². The van der Waals surface area contributed by atoms with Crippen LogP contribution in [0.15, 0.2) is 24.3 Å². The maximum atomic E-state index is 12.1. The maximum absolute atomic E-state index is 12.1. The molecule has 0 radical (unpaired) electrons. The van der Waals surface area contributed by atoms with Gasteiger partial charge in [0.15, 0.2) is 0 Å². The molecular formula is C21H31N3O4. The van der Waals surface area contributed by atoms with Crippen LogP contribution in [-0.2, 0) is 17.9 Å². The minimum absolute atomic E-state index is 0.0196. The number of aliphatic hydroxyl groups is 1. The third-order valence-electron chi connectivity index (χ3n) is 5.43. The number of ether oxygens (including phenoxy) is 1. The van der Waals surface area contributed by atoms with E-state index in [-0.39, 0.29) is 36.2 Å². The first-order valence-electron chi connectivity index (χ1n) is 9.89. The molecule has 4 N–H and O–H groups in total. The summed E-state index contributed by atoms with van der Waals surface area (Å²) >= 11 is 0. The molecule has 28 heavy (non-hydrogen) atoms. The van der Waals surface area contributed by atoms with Gasteiger partial charge >= 0.3 is 12.1 Å². The van der Waals surface area contributed by atoms with E-state index in [1.54, 1.807) is 0 Å². The van der Waals surface area contributed by atoms with Crippen LogP contribution in [0.4, 0.5) is 9.59 Å². The van der Waals surface area contributed by atoms with Crippen molar-refractivity contribution in [2.45, 2.75) is 77.3 Å². The van der Waals surface area contributed by atoms with Crippen molar-refractivity contribution in [3.05, 3.63) is 35.4 Å². The molecule has 0 saturated heterocycles. The summed E-state index contributed by atoms with van der Waals surface area (Å²) in [6.07, 6.45) is 3.45. The summed E-state index contributed by atoms with van der Waals surface area (Å²) in [5, 5.41) is 17.9. The van der Waals surface area contributed by atoms with Crippen LogP contribution in [0.1, 0.15) is 57.6 Å². The molecule has 0 atom stereocenters. The van der Waals surface area contributed by atoms with Crippen LogP contribution >= 0.6 is 0 Å². The highest BCUT2D eigenvalue weighted by molar-refractivity contribution is 5.74. The number of aliphatic hydroxyl groups excluding tert-OH is 1. The van der Waals surface area contributed by atoms with E-state index in [0.29, 0.717) is 6.54 Å². The fourth-order valence-corrected chi connectivity index (χ4v) is 4.16. The maximum Gasteiger partial charge on any atom is 0.407 e. The van der Waals surface area contributed by atoms with Crippen molar-refractivity contribution in [2.24, 2.45) is 5.41 Å². The van der Waals surface area contributed by atoms with Gasteiger partial charge in [-0.1, -0.05) is 24.3 Å². The fourth-order valence-electron chi connectivity index (χ4n) is 4.16. The second kappa shape index (κ2) is 7.99. The molecule has 0 bridgehead atoms. The van der Waals surface area contributed by atoms with Crippen molar-refractivity contribution >= 4 is 12.1 Å². The lowest BCUT2D eigenvalue weighted by Gasteiger charge is -2.57. The van der Waals surface area contributed by atoms with Crippen LogP contribution in [0.3, 0.4) is 0 Å². The van der Waals surface area contributed by atoms with Gasteiger partial charge in [0.1, 0.15) is 5.60 Å². The quantitative estimate of drug-likeness (QED) is 0.622. The topological polar surface area (TPSA) is 99.7 Å². The van der Waals surface area contributed by atoms with Gasteiger partial charge in [-0.2, -0.15) is 0 Å². The number of hydrogen-bond acceptors (Lipinski definition) is 4. The Kier molecular flexibility index (Phi) is 5.84. The van der Waals surface area contributed by atoms with E-state index in [1.165, 1.54) is 0 Å². The predicted octanol–water partition coefficient (Wildman–Crippen LogP) is 2.81. The smallest absolute Gasteiger partial charge is 0.407 e. The highest BCUT2D eigenvalue weighted by Crippen LogP contribution is 2.55. The van der Waals surface area contributed by atoms with Crippen LogP contribution in [0, 0.1) is 5.41 Å². The summed E-state index contributed by atoms with van der Waals surface area (Å²) in [5.74, 6) is 0. The van der Waals surface area contributed by atoms with Gasteiger partial charge in [-0.15, -0.1) is 0 Å². The minimum atomic E-state index is -0.481. The molecule has 0 aromatic heterocycles. The Morgan fingerprint density at radius 2 is 1.57 bits per heavy atom. The molecule has 2 fully saturated rings. The van der Waals surface area contributed by atoms with Gasteiger partial charge in [-0.3, -0.25) is 0 Å². The van der Waals surface area contributed by atoms with Crippen LogP contribution in [-0.4, -0.2) is 34.9 Å². The molecule has 3 amide bonds. The molecule has 1 aromatic carbocycles. The number of carbonyl (C=O) groups is 2. The molecule has 1 aromatic rings. The predicted molar refractivity (Wildman–Crippen MR) is 106 cm³/mol. The monoisotopic (exact) mass is 389 g/mol. The van der Waals surface area contributed by atoms with Gasteiger partial charge in [0, 0.05) is 18.6 Å². The Bertz CT molecular complexity index is 697. The van der Waals surface area contributed by atoms with Gasteiger partial charge in [-0.05, 0) is 63.0 Å². The zero-order chi connectivity index (χ0) is 20.4. The van der Waals surface area contributed by atoms with Gasteiger partial charge in [0.05, 0.1) is 6.61 Å². The Morgan fingerprint density at radius 3 is 2.11 bits per heavy atom. The van der Waals surface area contributed by atoms with Gasteiger partial charge < -0.3 is 25.8 Å². The van der Waals surface area contributed by atoms with E-state index in [0.717, 1.165) is 36.8 Å². The lowest BCUT2D eigenvalue weighted by atomic mass is 9.52. The number of rotatable bonds is 5. The zero-order valence-corrected chi connectivity index (χ0v) is 16.9. The zero-order valence-electron chi connectivity index (χ0n) is 16.9. The molecule has 3 rings (SSSR count). The first kappa shape index (κ1) is 20.5. The van der Waals surface area contributed by atoms with E-state index in [2.05, 4.69) is 16.0 Å². The SMILES string of the molecule is CC(C)(C)OC(=O)NC1CC2(CC(NC(=O)NCc3ccc(CO)cc3)C2)C1. The molecule has 2 saturated carbocycles. The lowest BCUT2D eigenvalue weighted by molar-refractivity contribution is -0.0294. The van der Waals surface area contributed by atoms with Crippen LogP contribution in [0.2, 0.25) is 0 Å². The van der Waals surface area contributed by atoms with Gasteiger partial charge in [-0.25, -0.2) is 9.59 Å². The molecule has 0 unspecified atom stereocenters. The number of urea groups is 1. The third-order valence-corrected chi connectivity index (χ3v) is 5.43. The Labute approximate surface area is 166 Å². The summed E-state index contributed by atoms with van der Waals surface area (Å²) in [4.78, 5) is 23.9. The first-order chi connectivity index (χ1) is 13.2. The van der Waals surface area contributed by atoms with E-state index in [4.69, 9.17) is 9.84 Å². The summed E-state index contributed by atoms with van der Waals surface area (Å²) in [6.45, 7) is 6.04. The lowest BCUT2D eigenvalue weighted by Crippen LogP contribution is -2.62. The molecule has 7 heteroatoms. The Balaban J connectivity index is 1.30. The number of hydrogen-bond donors (Lipinski definition) is 4. The van der Waals surface area contributed by atoms with Gasteiger partial charge in [0.25, 0.3) is 0 Å². The summed E-state index contributed by atoms with van der Waals surface area (Å²) < 4.78 is 5.29. The van der Waals surface area contributed by atoms with Crippen molar-refractivity contribution < 1.29 is 19.4 Å². The molecule has 7 nitrogen and oxygen atoms in total. The minimum Gasteiger partial charge on any atom is -0.444 e. The van der Waals surface area contributed by atoms with Crippen molar-refractivity contribution in [1.29, 1.82) is 0 Å². The average Bonchev–Trinajstić information content (AvgIpc) is 2.55. The largest absolute Gasteiger partial charge is 0.444 e. The van der Waals surface area contributed by atoms with Crippen molar-refractivity contribution in [3.63, 3.8) is 0 Å². The highest BCUT2D eigenvalue weighted by Gasteiger charge is 2.53. The fraction of sp³-hybridized carbons (Fsp3) is 0.619. The Hall–Kier alpha value is -2.28. The second-order valence-corrected chi connectivity index (χ2v) is 9.16. The summed E-state index contributed by atoms with van der Waals surface area (Å²) in [5.41, 5.74) is 1.63. The standard InChI is InChI=1S/C21H31N3O4/c1-20(2,3)28-19(27)24-17-10-21(11-17)8-16(9-21)23-18(26)22-12-14-4-6-15(13-25)7-5-14/h4-7,16-17,25H,8-13H2,1-3H3,(H,24,27)(H2,22,23,26). The van der Waals surface area contributed by atoms with E-state index in [1.807, 2.05) is 45.0 Å². The summed E-state index contributed by atoms with van der Waals surface area (Å²) in [7, 11) is 0. The summed E-state index contributed by atoms with van der Waals surface area (Å²) in [6, 6.07) is 7.71.